The van der Waals surface area contributed by atoms with Crippen LogP contribution in [0.1, 0.15) is 33.3 Å². The highest BCUT2D eigenvalue weighted by atomic mass is 35.5. The molecule has 1 atom stereocenters. The standard InChI is InChI=1S/C24H30ClN5O4S/c1-15-12-29(7-8-30(15)22(32)24(2,3)4)20-10-19(25)27-23(28-20)35-13-21(31)26-11-16-5-6-17-18(9-16)34-14-33-17/h5-6,9-10,15H,7-8,11-14H2,1-4H3,(H,26,31). The minimum atomic E-state index is -0.415. The Morgan fingerprint density at radius 3 is 2.69 bits per heavy atom. The van der Waals surface area contributed by atoms with Gasteiger partial charge in [0.15, 0.2) is 16.7 Å². The maximum atomic E-state index is 12.7. The van der Waals surface area contributed by atoms with Crippen LogP contribution in [0.4, 0.5) is 5.82 Å². The van der Waals surface area contributed by atoms with Gasteiger partial charge in [0.2, 0.25) is 18.6 Å². The summed E-state index contributed by atoms with van der Waals surface area (Å²) in [4.78, 5) is 38.0. The van der Waals surface area contributed by atoms with Crippen LogP contribution in [0.5, 0.6) is 11.5 Å². The maximum absolute atomic E-state index is 12.7. The lowest BCUT2D eigenvalue weighted by atomic mass is 9.93. The Hall–Kier alpha value is -2.72. The molecule has 0 saturated carbocycles. The molecule has 0 spiro atoms. The monoisotopic (exact) mass is 519 g/mol. The van der Waals surface area contributed by atoms with Crippen molar-refractivity contribution in [2.75, 3.05) is 37.1 Å². The number of halogens is 1. The zero-order valence-corrected chi connectivity index (χ0v) is 21.9. The van der Waals surface area contributed by atoms with Crippen LogP contribution in [0.2, 0.25) is 5.15 Å². The molecule has 9 nitrogen and oxygen atoms in total. The molecule has 1 unspecified atom stereocenters. The Morgan fingerprint density at radius 1 is 1.17 bits per heavy atom. The molecule has 1 N–H and O–H groups in total. The molecular formula is C24H30ClN5O4S. The van der Waals surface area contributed by atoms with Crippen LogP contribution >= 0.6 is 23.4 Å². The minimum Gasteiger partial charge on any atom is -0.454 e. The number of nitrogens with one attached hydrogen (secondary N) is 1. The third-order valence-corrected chi connectivity index (χ3v) is 6.81. The molecule has 2 amide bonds. The third-order valence-electron chi connectivity index (χ3n) is 5.77. The van der Waals surface area contributed by atoms with Crippen LogP contribution in [-0.2, 0) is 16.1 Å². The molecule has 11 heteroatoms. The number of aromatic nitrogens is 2. The summed E-state index contributed by atoms with van der Waals surface area (Å²) < 4.78 is 10.7. The first-order valence-electron chi connectivity index (χ1n) is 11.5. The third kappa shape index (κ3) is 6.29. The van der Waals surface area contributed by atoms with Crippen molar-refractivity contribution in [2.45, 2.75) is 45.4 Å². The van der Waals surface area contributed by atoms with E-state index in [0.717, 1.165) is 5.56 Å². The number of ether oxygens (including phenoxy) is 2. The van der Waals surface area contributed by atoms with E-state index in [1.807, 2.05) is 50.8 Å². The molecule has 2 aliphatic rings. The first kappa shape index (κ1) is 25.4. The van der Waals surface area contributed by atoms with Gasteiger partial charge >= 0.3 is 0 Å². The Kier molecular flexibility index (Phi) is 7.61. The predicted molar refractivity (Wildman–Crippen MR) is 135 cm³/mol. The van der Waals surface area contributed by atoms with Crippen molar-refractivity contribution in [3.8, 4) is 11.5 Å². The smallest absolute Gasteiger partial charge is 0.231 e. The molecule has 1 aromatic carbocycles. The van der Waals surface area contributed by atoms with E-state index in [4.69, 9.17) is 21.1 Å². The molecule has 188 valence electrons. The van der Waals surface area contributed by atoms with Gasteiger partial charge in [0.05, 0.1) is 5.75 Å². The number of nitrogens with zero attached hydrogens (tertiary/aromatic N) is 4. The number of carbonyl (C=O) groups excluding carboxylic acids is 2. The van der Waals surface area contributed by atoms with Crippen LogP contribution in [0.3, 0.4) is 0 Å². The van der Waals surface area contributed by atoms with Crippen molar-refractivity contribution in [3.63, 3.8) is 0 Å². The predicted octanol–water partition coefficient (Wildman–Crippen LogP) is 3.35. The summed E-state index contributed by atoms with van der Waals surface area (Å²) in [6.07, 6.45) is 0. The molecule has 2 aliphatic heterocycles. The molecule has 0 bridgehead atoms. The molecule has 35 heavy (non-hydrogen) atoms. The molecular weight excluding hydrogens is 490 g/mol. The fourth-order valence-corrected chi connectivity index (χ4v) is 4.85. The normalized spacial score (nSPS) is 17.5. The first-order chi connectivity index (χ1) is 16.6. The SMILES string of the molecule is CC1CN(c2cc(Cl)nc(SCC(=O)NCc3ccc4c(c3)OCO4)n2)CCN1C(=O)C(C)(C)C. The van der Waals surface area contributed by atoms with Gasteiger partial charge in [-0.2, -0.15) is 0 Å². The zero-order chi connectivity index (χ0) is 25.2. The van der Waals surface area contributed by atoms with E-state index in [2.05, 4.69) is 20.2 Å². The number of rotatable bonds is 6. The summed E-state index contributed by atoms with van der Waals surface area (Å²) in [6.45, 7) is 10.4. The quantitative estimate of drug-likeness (QED) is 0.352. The van der Waals surface area contributed by atoms with Crippen LogP contribution < -0.4 is 19.7 Å². The highest BCUT2D eigenvalue weighted by Crippen LogP contribution is 2.32. The van der Waals surface area contributed by atoms with Gasteiger partial charge in [0.1, 0.15) is 11.0 Å². The Labute approximate surface area is 214 Å². The van der Waals surface area contributed by atoms with Gasteiger partial charge in [-0.15, -0.1) is 0 Å². The Bertz CT molecular complexity index is 1110. The lowest BCUT2D eigenvalue weighted by molar-refractivity contribution is -0.142. The molecule has 1 aromatic heterocycles. The molecule has 1 saturated heterocycles. The van der Waals surface area contributed by atoms with E-state index >= 15 is 0 Å². The lowest BCUT2D eigenvalue weighted by Crippen LogP contribution is -2.56. The van der Waals surface area contributed by atoms with Crippen molar-refractivity contribution in [2.24, 2.45) is 5.41 Å². The van der Waals surface area contributed by atoms with Gasteiger partial charge in [-0.1, -0.05) is 50.2 Å². The number of piperazine rings is 1. The van der Waals surface area contributed by atoms with Crippen molar-refractivity contribution in [1.82, 2.24) is 20.2 Å². The van der Waals surface area contributed by atoms with Crippen molar-refractivity contribution in [1.29, 1.82) is 0 Å². The highest BCUT2D eigenvalue weighted by Gasteiger charge is 2.34. The second-order valence-electron chi connectivity index (χ2n) is 9.63. The van der Waals surface area contributed by atoms with Gasteiger partial charge < -0.3 is 24.6 Å². The number of thioether (sulfide) groups is 1. The van der Waals surface area contributed by atoms with Gasteiger partial charge in [-0.3, -0.25) is 9.59 Å². The summed E-state index contributed by atoms with van der Waals surface area (Å²) in [5, 5.41) is 3.65. The first-order valence-corrected chi connectivity index (χ1v) is 12.8. The van der Waals surface area contributed by atoms with Crippen LogP contribution in [0.15, 0.2) is 29.4 Å². The van der Waals surface area contributed by atoms with Crippen LogP contribution in [-0.4, -0.2) is 64.9 Å². The molecule has 4 rings (SSSR count). The van der Waals surface area contributed by atoms with E-state index in [1.165, 1.54) is 11.8 Å². The summed E-state index contributed by atoms with van der Waals surface area (Å²) in [7, 11) is 0. The molecule has 0 aliphatic carbocycles. The fourth-order valence-electron chi connectivity index (χ4n) is 3.94. The minimum absolute atomic E-state index is 0.0438. The van der Waals surface area contributed by atoms with E-state index in [0.29, 0.717) is 53.8 Å². The van der Waals surface area contributed by atoms with E-state index in [1.54, 1.807) is 6.07 Å². The van der Waals surface area contributed by atoms with E-state index in [-0.39, 0.29) is 30.4 Å². The summed E-state index contributed by atoms with van der Waals surface area (Å²) >= 11 is 7.50. The fraction of sp³-hybridized carbons (Fsp3) is 0.500. The Morgan fingerprint density at radius 2 is 1.94 bits per heavy atom. The number of benzene rings is 1. The highest BCUT2D eigenvalue weighted by molar-refractivity contribution is 7.99. The molecule has 1 fully saturated rings. The van der Waals surface area contributed by atoms with Gasteiger partial charge in [-0.25, -0.2) is 9.97 Å². The summed E-state index contributed by atoms with van der Waals surface area (Å²) in [6, 6.07) is 7.35. The largest absolute Gasteiger partial charge is 0.454 e. The second kappa shape index (κ2) is 10.5. The van der Waals surface area contributed by atoms with E-state index < -0.39 is 5.41 Å². The lowest BCUT2D eigenvalue weighted by Gasteiger charge is -2.42. The number of amides is 2. The van der Waals surface area contributed by atoms with Crippen molar-refractivity contribution in [3.05, 3.63) is 35.0 Å². The van der Waals surface area contributed by atoms with Gasteiger partial charge in [0, 0.05) is 43.7 Å². The number of anilines is 1. The number of hydrogen-bond donors (Lipinski definition) is 1. The number of carbonyl (C=O) groups is 2. The van der Waals surface area contributed by atoms with Crippen LogP contribution in [0, 0.1) is 5.41 Å². The maximum Gasteiger partial charge on any atom is 0.231 e. The molecule has 0 radical (unpaired) electrons. The summed E-state index contributed by atoms with van der Waals surface area (Å²) in [5.41, 5.74) is 0.508. The zero-order valence-electron chi connectivity index (χ0n) is 20.3. The van der Waals surface area contributed by atoms with Crippen molar-refractivity contribution < 1.29 is 19.1 Å². The van der Waals surface area contributed by atoms with Crippen LogP contribution in [0.25, 0.3) is 0 Å². The summed E-state index contributed by atoms with van der Waals surface area (Å²) in [5.74, 6) is 2.26. The van der Waals surface area contributed by atoms with E-state index in [9.17, 15) is 9.59 Å². The Balaban J connectivity index is 1.31. The van der Waals surface area contributed by atoms with Gasteiger partial charge in [0.25, 0.3) is 0 Å². The number of fused-ring (bicyclic) bond motifs is 1. The average Bonchev–Trinajstić information content (AvgIpc) is 3.28. The topological polar surface area (TPSA) is 96.9 Å². The number of hydrogen-bond acceptors (Lipinski definition) is 8. The molecule has 3 heterocycles. The van der Waals surface area contributed by atoms with Crippen molar-refractivity contribution >= 4 is 41.0 Å². The van der Waals surface area contributed by atoms with Gasteiger partial charge in [-0.05, 0) is 24.6 Å². The average molecular weight is 520 g/mol. The second-order valence-corrected chi connectivity index (χ2v) is 11.0. The molecule has 2 aromatic rings.